The third kappa shape index (κ3) is 3.88. The highest BCUT2D eigenvalue weighted by molar-refractivity contribution is 7.89. The highest BCUT2D eigenvalue weighted by atomic mass is 32.2. The van der Waals surface area contributed by atoms with Crippen LogP contribution in [0.2, 0.25) is 0 Å². The van der Waals surface area contributed by atoms with Crippen molar-refractivity contribution in [1.82, 2.24) is 19.4 Å². The second-order valence-corrected chi connectivity index (χ2v) is 8.84. The monoisotopic (exact) mass is 406 g/mol. The fourth-order valence-electron chi connectivity index (χ4n) is 3.60. The molecule has 3 aromatic rings. The van der Waals surface area contributed by atoms with E-state index in [0.717, 1.165) is 38.5 Å². The summed E-state index contributed by atoms with van der Waals surface area (Å²) in [7, 11) is -3.69. The van der Waals surface area contributed by atoms with Crippen LogP contribution in [0.25, 0.3) is 11.1 Å². The molecule has 0 saturated heterocycles. The van der Waals surface area contributed by atoms with Crippen LogP contribution < -0.4 is 10.5 Å². The average molecular weight is 406 g/mol. The highest BCUT2D eigenvalue weighted by Crippen LogP contribution is 2.22. The minimum Gasteiger partial charge on any atom is -0.408 e. The van der Waals surface area contributed by atoms with Crippen LogP contribution in [0.5, 0.6) is 0 Å². The number of aryl methyl sites for hydroxylation is 1. The van der Waals surface area contributed by atoms with Gasteiger partial charge in [0, 0.05) is 19.0 Å². The van der Waals surface area contributed by atoms with Crippen molar-refractivity contribution in [3.63, 3.8) is 0 Å². The molecule has 150 valence electrons. The van der Waals surface area contributed by atoms with Gasteiger partial charge in [0.05, 0.1) is 17.0 Å². The summed E-state index contributed by atoms with van der Waals surface area (Å²) < 4.78 is 39.8. The van der Waals surface area contributed by atoms with E-state index in [0.29, 0.717) is 17.2 Å². The number of hydrogen-bond acceptors (Lipinski definition) is 7. The molecule has 1 aliphatic rings. The molecule has 0 atom stereocenters. The topological polar surface area (TPSA) is 120 Å². The average Bonchev–Trinajstić information content (AvgIpc) is 3.08. The van der Waals surface area contributed by atoms with E-state index < -0.39 is 15.8 Å². The van der Waals surface area contributed by atoms with Crippen LogP contribution in [0.4, 0.5) is 0 Å². The third-order valence-corrected chi connectivity index (χ3v) is 6.51. The van der Waals surface area contributed by atoms with Gasteiger partial charge in [-0.1, -0.05) is 30.8 Å². The molecule has 0 unspecified atom stereocenters. The number of rotatable bonds is 5. The van der Waals surface area contributed by atoms with Crippen LogP contribution in [0.15, 0.2) is 36.8 Å². The van der Waals surface area contributed by atoms with Crippen LogP contribution in [0.1, 0.15) is 50.2 Å². The molecule has 4 rings (SSSR count). The molecule has 0 radical (unpaired) electrons. The van der Waals surface area contributed by atoms with Gasteiger partial charge in [-0.25, -0.2) is 17.9 Å². The highest BCUT2D eigenvalue weighted by Gasteiger charge is 2.23. The van der Waals surface area contributed by atoms with Gasteiger partial charge >= 0.3 is 5.76 Å². The van der Waals surface area contributed by atoms with Crippen molar-refractivity contribution in [3.05, 3.63) is 40.5 Å². The van der Waals surface area contributed by atoms with E-state index in [1.54, 1.807) is 13.0 Å². The second-order valence-electron chi connectivity index (χ2n) is 7.12. The number of nitrogens with one attached hydrogen (secondary N) is 1. The molecule has 1 N–H and O–H groups in total. The predicted molar refractivity (Wildman–Crippen MR) is 100 cm³/mol. The first-order chi connectivity index (χ1) is 13.4. The number of sulfonamides is 1. The molecule has 28 heavy (non-hydrogen) atoms. The fraction of sp³-hybridized carbons (Fsp3) is 0.500. The number of oxazole rings is 1. The molecule has 0 bridgehead atoms. The van der Waals surface area contributed by atoms with Crippen molar-refractivity contribution in [1.29, 1.82) is 0 Å². The van der Waals surface area contributed by atoms with Crippen molar-refractivity contribution in [2.45, 2.75) is 62.9 Å². The maximum atomic E-state index is 12.8. The van der Waals surface area contributed by atoms with E-state index in [1.165, 1.54) is 16.7 Å². The Bertz CT molecular complexity index is 1140. The third-order valence-electron chi connectivity index (χ3n) is 5.00. The van der Waals surface area contributed by atoms with Crippen LogP contribution in [-0.4, -0.2) is 29.2 Å². The molecule has 0 amide bonds. The summed E-state index contributed by atoms with van der Waals surface area (Å²) in [4.78, 5) is 16.4. The molecular weight excluding hydrogens is 384 g/mol. The quantitative estimate of drug-likeness (QED) is 0.646. The summed E-state index contributed by atoms with van der Waals surface area (Å²) in [5.41, 5.74) is 0.676. The van der Waals surface area contributed by atoms with Gasteiger partial charge < -0.3 is 8.94 Å². The Morgan fingerprint density at radius 2 is 1.96 bits per heavy atom. The van der Waals surface area contributed by atoms with E-state index in [1.807, 2.05) is 0 Å². The summed E-state index contributed by atoms with van der Waals surface area (Å²) in [5.74, 6) is 0.131. The van der Waals surface area contributed by atoms with Crippen LogP contribution >= 0.6 is 0 Å². The Labute approximate surface area is 161 Å². The van der Waals surface area contributed by atoms with Gasteiger partial charge in [0.1, 0.15) is 0 Å². The maximum Gasteiger partial charge on any atom is 0.420 e. The van der Waals surface area contributed by atoms with Crippen molar-refractivity contribution >= 4 is 21.1 Å². The number of hydrogen-bond donors (Lipinski definition) is 1. The molecule has 9 nitrogen and oxygen atoms in total. The summed E-state index contributed by atoms with van der Waals surface area (Å²) in [6.07, 6.45) is 6.03. The predicted octanol–water partition coefficient (Wildman–Crippen LogP) is 2.34. The minimum atomic E-state index is -3.69. The van der Waals surface area contributed by atoms with Crippen LogP contribution in [0, 0.1) is 6.92 Å². The Hall–Kier alpha value is -2.46. The summed E-state index contributed by atoms with van der Waals surface area (Å²) in [6, 6.07) is 4.37. The van der Waals surface area contributed by atoms with Crippen molar-refractivity contribution < 1.29 is 17.4 Å². The van der Waals surface area contributed by atoms with Gasteiger partial charge in [0.2, 0.25) is 15.9 Å². The Morgan fingerprint density at radius 1 is 1.21 bits per heavy atom. The first-order valence-corrected chi connectivity index (χ1v) is 10.9. The minimum absolute atomic E-state index is 0.0544. The molecule has 10 heteroatoms. The van der Waals surface area contributed by atoms with Gasteiger partial charge in [-0.05, 0) is 25.0 Å². The Morgan fingerprint density at radius 3 is 2.64 bits per heavy atom. The standard InChI is InChI=1S/C18H22N4O5S/c1-12-19-17(20-27-12)11-22-15-9-8-14(10-16(15)26-18(22)23)28(24,25)21-13-6-4-2-3-5-7-13/h8-10,13,21H,2-7,11H2,1H3. The van der Waals surface area contributed by atoms with E-state index in [4.69, 9.17) is 8.94 Å². The summed E-state index contributed by atoms with van der Waals surface area (Å²) in [6.45, 7) is 1.74. The SMILES string of the molecule is Cc1nc(Cn2c(=O)oc3cc(S(=O)(=O)NC4CCCCCC4)ccc32)no1. The molecule has 0 aliphatic heterocycles. The van der Waals surface area contributed by atoms with Gasteiger partial charge in [-0.2, -0.15) is 4.98 Å². The summed E-state index contributed by atoms with van der Waals surface area (Å²) >= 11 is 0. The lowest BCUT2D eigenvalue weighted by atomic mass is 10.1. The van der Waals surface area contributed by atoms with E-state index in [-0.39, 0.29) is 23.1 Å². The molecule has 1 saturated carbocycles. The number of benzene rings is 1. The van der Waals surface area contributed by atoms with Gasteiger partial charge in [-0.3, -0.25) is 4.57 Å². The first-order valence-electron chi connectivity index (χ1n) is 9.37. The van der Waals surface area contributed by atoms with Gasteiger partial charge in [0.25, 0.3) is 0 Å². The number of fused-ring (bicyclic) bond motifs is 1. The fourth-order valence-corrected chi connectivity index (χ4v) is 4.92. The molecule has 2 heterocycles. The molecular formula is C18H22N4O5S. The van der Waals surface area contributed by atoms with Gasteiger partial charge in [0.15, 0.2) is 11.4 Å². The van der Waals surface area contributed by atoms with E-state index in [9.17, 15) is 13.2 Å². The van der Waals surface area contributed by atoms with Crippen molar-refractivity contribution in [2.24, 2.45) is 0 Å². The smallest absolute Gasteiger partial charge is 0.408 e. The maximum absolute atomic E-state index is 12.8. The van der Waals surface area contributed by atoms with Crippen molar-refractivity contribution in [3.8, 4) is 0 Å². The molecule has 1 aliphatic carbocycles. The number of nitrogens with zero attached hydrogens (tertiary/aromatic N) is 3. The van der Waals surface area contributed by atoms with E-state index in [2.05, 4.69) is 14.9 Å². The zero-order valence-electron chi connectivity index (χ0n) is 15.6. The second kappa shape index (κ2) is 7.51. The zero-order chi connectivity index (χ0) is 19.7. The van der Waals surface area contributed by atoms with Crippen LogP contribution in [-0.2, 0) is 16.6 Å². The van der Waals surface area contributed by atoms with Crippen molar-refractivity contribution in [2.75, 3.05) is 0 Å². The first kappa shape index (κ1) is 18.9. The largest absolute Gasteiger partial charge is 0.420 e. The van der Waals surface area contributed by atoms with Crippen LogP contribution in [0.3, 0.4) is 0 Å². The Kier molecular flexibility index (Phi) is 5.07. The normalized spacial score (nSPS) is 16.5. The van der Waals surface area contributed by atoms with Gasteiger partial charge in [-0.15, -0.1) is 0 Å². The number of aromatic nitrogens is 3. The Balaban J connectivity index is 1.61. The summed E-state index contributed by atoms with van der Waals surface area (Å²) in [5, 5.41) is 3.77. The molecule has 2 aromatic heterocycles. The molecule has 0 spiro atoms. The zero-order valence-corrected chi connectivity index (χ0v) is 16.4. The lowest BCUT2D eigenvalue weighted by Gasteiger charge is -2.16. The lowest BCUT2D eigenvalue weighted by molar-refractivity contribution is 0.385. The molecule has 1 aromatic carbocycles. The van der Waals surface area contributed by atoms with E-state index >= 15 is 0 Å². The molecule has 1 fully saturated rings. The lowest BCUT2D eigenvalue weighted by Crippen LogP contribution is -2.34.